The Morgan fingerprint density at radius 1 is 1.42 bits per heavy atom. The summed E-state index contributed by atoms with van der Waals surface area (Å²) in [4.78, 5) is 16.3. The van der Waals surface area contributed by atoms with E-state index in [0.717, 1.165) is 10.9 Å². The normalized spacial score (nSPS) is 13.5. The SMILES string of the molecule is CCOC(=O)C(C)(C#N)c1ccnc2ccccc12. The maximum absolute atomic E-state index is 12.1. The van der Waals surface area contributed by atoms with E-state index in [4.69, 9.17) is 4.74 Å². The molecule has 0 spiro atoms. The lowest BCUT2D eigenvalue weighted by molar-refractivity contribution is -0.147. The van der Waals surface area contributed by atoms with E-state index in [-0.39, 0.29) is 6.61 Å². The number of hydrogen-bond acceptors (Lipinski definition) is 4. The van der Waals surface area contributed by atoms with Gasteiger partial charge in [-0.15, -0.1) is 0 Å². The van der Waals surface area contributed by atoms with Gasteiger partial charge < -0.3 is 4.74 Å². The van der Waals surface area contributed by atoms with Crippen LogP contribution in [0.2, 0.25) is 0 Å². The van der Waals surface area contributed by atoms with Crippen LogP contribution in [0.1, 0.15) is 19.4 Å². The van der Waals surface area contributed by atoms with Gasteiger partial charge in [0.2, 0.25) is 0 Å². The molecule has 0 saturated carbocycles. The van der Waals surface area contributed by atoms with Crippen molar-refractivity contribution in [1.29, 1.82) is 5.26 Å². The van der Waals surface area contributed by atoms with Gasteiger partial charge in [-0.3, -0.25) is 4.98 Å². The van der Waals surface area contributed by atoms with Crippen LogP contribution in [0.25, 0.3) is 10.9 Å². The van der Waals surface area contributed by atoms with Crippen LogP contribution in [0, 0.1) is 11.3 Å². The fraction of sp³-hybridized carbons (Fsp3) is 0.267. The molecule has 19 heavy (non-hydrogen) atoms. The number of carbonyl (C=O) groups is 1. The smallest absolute Gasteiger partial charge is 0.330 e. The van der Waals surface area contributed by atoms with Crippen molar-refractivity contribution in [2.75, 3.05) is 6.61 Å². The van der Waals surface area contributed by atoms with Gasteiger partial charge in [0.15, 0.2) is 5.41 Å². The molecule has 0 amide bonds. The van der Waals surface area contributed by atoms with Crippen LogP contribution in [0.15, 0.2) is 36.5 Å². The summed E-state index contributed by atoms with van der Waals surface area (Å²) >= 11 is 0. The molecular weight excluding hydrogens is 240 g/mol. The number of fused-ring (bicyclic) bond motifs is 1. The molecule has 4 nitrogen and oxygen atoms in total. The summed E-state index contributed by atoms with van der Waals surface area (Å²) in [5.74, 6) is -0.533. The quantitative estimate of drug-likeness (QED) is 0.790. The first-order valence-electron chi connectivity index (χ1n) is 6.06. The average molecular weight is 254 g/mol. The van der Waals surface area contributed by atoms with Crippen molar-refractivity contribution >= 4 is 16.9 Å². The van der Waals surface area contributed by atoms with Crippen LogP contribution >= 0.6 is 0 Å². The number of esters is 1. The van der Waals surface area contributed by atoms with Crippen molar-refractivity contribution in [3.8, 4) is 6.07 Å². The molecule has 1 aromatic heterocycles. The van der Waals surface area contributed by atoms with Gasteiger partial charge in [-0.05, 0) is 31.5 Å². The van der Waals surface area contributed by atoms with Crippen molar-refractivity contribution in [1.82, 2.24) is 4.98 Å². The summed E-state index contributed by atoms with van der Waals surface area (Å²) in [5, 5.41) is 10.2. The highest BCUT2D eigenvalue weighted by Gasteiger charge is 2.38. The number of nitrogens with zero attached hydrogens (tertiary/aromatic N) is 2. The fourth-order valence-corrected chi connectivity index (χ4v) is 2.02. The molecule has 0 saturated heterocycles. The van der Waals surface area contributed by atoms with Gasteiger partial charge >= 0.3 is 5.97 Å². The second-order valence-corrected chi connectivity index (χ2v) is 4.33. The molecule has 0 aliphatic rings. The largest absolute Gasteiger partial charge is 0.465 e. The predicted octanol–water partition coefficient (Wildman–Crippen LogP) is 2.58. The van der Waals surface area contributed by atoms with Crippen molar-refractivity contribution in [3.05, 3.63) is 42.1 Å². The third-order valence-electron chi connectivity index (χ3n) is 3.10. The molecule has 1 aromatic carbocycles. The molecule has 96 valence electrons. The summed E-state index contributed by atoms with van der Waals surface area (Å²) in [6.07, 6.45) is 1.60. The van der Waals surface area contributed by atoms with Gasteiger partial charge in [0.25, 0.3) is 0 Å². The topological polar surface area (TPSA) is 63.0 Å². The van der Waals surface area contributed by atoms with Crippen LogP contribution in [-0.2, 0) is 14.9 Å². The monoisotopic (exact) mass is 254 g/mol. The van der Waals surface area contributed by atoms with Crippen LogP contribution in [0.3, 0.4) is 0 Å². The number of nitriles is 1. The van der Waals surface area contributed by atoms with Crippen molar-refractivity contribution < 1.29 is 9.53 Å². The molecule has 2 aromatic rings. The minimum atomic E-state index is -1.32. The Morgan fingerprint density at radius 2 is 2.16 bits per heavy atom. The van der Waals surface area contributed by atoms with E-state index in [1.165, 1.54) is 0 Å². The van der Waals surface area contributed by atoms with E-state index < -0.39 is 11.4 Å². The van der Waals surface area contributed by atoms with Crippen LogP contribution in [0.5, 0.6) is 0 Å². The van der Waals surface area contributed by atoms with E-state index in [1.54, 1.807) is 26.1 Å². The highest BCUT2D eigenvalue weighted by Crippen LogP contribution is 2.30. The maximum atomic E-state index is 12.1. The summed E-state index contributed by atoms with van der Waals surface area (Å²) in [7, 11) is 0. The summed E-state index contributed by atoms with van der Waals surface area (Å²) in [6.45, 7) is 3.55. The average Bonchev–Trinajstić information content (AvgIpc) is 2.46. The number of para-hydroxylation sites is 1. The fourth-order valence-electron chi connectivity index (χ4n) is 2.02. The molecule has 0 aliphatic heterocycles. The van der Waals surface area contributed by atoms with Gasteiger partial charge in [-0.25, -0.2) is 4.79 Å². The molecule has 0 bridgehead atoms. The first-order valence-corrected chi connectivity index (χ1v) is 6.06. The zero-order chi connectivity index (χ0) is 13.9. The summed E-state index contributed by atoms with van der Waals surface area (Å²) in [5.41, 5.74) is 0.0586. The molecule has 0 aliphatic carbocycles. The maximum Gasteiger partial charge on any atom is 0.330 e. The molecule has 0 N–H and O–H groups in total. The van der Waals surface area contributed by atoms with E-state index in [9.17, 15) is 10.1 Å². The molecule has 1 unspecified atom stereocenters. The van der Waals surface area contributed by atoms with Gasteiger partial charge in [0.05, 0.1) is 18.2 Å². The Balaban J connectivity index is 2.65. The Bertz CT molecular complexity index is 655. The van der Waals surface area contributed by atoms with Crippen molar-refractivity contribution in [2.24, 2.45) is 0 Å². The Morgan fingerprint density at radius 3 is 2.84 bits per heavy atom. The van der Waals surface area contributed by atoms with Crippen LogP contribution < -0.4 is 0 Å². The molecule has 0 fully saturated rings. The van der Waals surface area contributed by atoms with Gasteiger partial charge in [-0.1, -0.05) is 18.2 Å². The second kappa shape index (κ2) is 5.07. The summed E-state index contributed by atoms with van der Waals surface area (Å²) in [6, 6.07) is 11.2. The van der Waals surface area contributed by atoms with Gasteiger partial charge in [0, 0.05) is 11.6 Å². The van der Waals surface area contributed by atoms with Crippen LogP contribution in [0.4, 0.5) is 0 Å². The number of rotatable bonds is 3. The van der Waals surface area contributed by atoms with E-state index in [1.807, 2.05) is 24.3 Å². The third-order valence-corrected chi connectivity index (χ3v) is 3.10. The van der Waals surface area contributed by atoms with Gasteiger partial charge in [0.1, 0.15) is 0 Å². The molecule has 2 rings (SSSR count). The van der Waals surface area contributed by atoms with Crippen molar-refractivity contribution in [3.63, 3.8) is 0 Å². The highest BCUT2D eigenvalue weighted by atomic mass is 16.5. The zero-order valence-electron chi connectivity index (χ0n) is 10.9. The molecular formula is C15H14N2O2. The lowest BCUT2D eigenvalue weighted by atomic mass is 9.82. The van der Waals surface area contributed by atoms with E-state index in [0.29, 0.717) is 5.56 Å². The molecule has 4 heteroatoms. The zero-order valence-corrected chi connectivity index (χ0v) is 10.9. The Hall–Kier alpha value is -2.41. The van der Waals surface area contributed by atoms with Crippen molar-refractivity contribution in [2.45, 2.75) is 19.3 Å². The second-order valence-electron chi connectivity index (χ2n) is 4.33. The standard InChI is InChI=1S/C15H14N2O2/c1-3-19-14(18)15(2,10-16)12-8-9-17-13-7-5-4-6-11(12)13/h4-9H,3H2,1-2H3. The predicted molar refractivity (Wildman–Crippen MR) is 71.3 cm³/mol. The number of carbonyl (C=O) groups excluding carboxylic acids is 1. The Labute approximate surface area is 111 Å². The lowest BCUT2D eigenvalue weighted by Crippen LogP contribution is -2.33. The number of pyridine rings is 1. The number of hydrogen-bond donors (Lipinski definition) is 0. The highest BCUT2D eigenvalue weighted by molar-refractivity contribution is 5.94. The number of aromatic nitrogens is 1. The molecule has 0 radical (unpaired) electrons. The summed E-state index contributed by atoms with van der Waals surface area (Å²) < 4.78 is 5.02. The van der Waals surface area contributed by atoms with Crippen LogP contribution in [-0.4, -0.2) is 17.6 Å². The third kappa shape index (κ3) is 2.15. The Kier molecular flexibility index (Phi) is 3.48. The molecule has 1 heterocycles. The first kappa shape index (κ1) is 13.0. The lowest BCUT2D eigenvalue weighted by Gasteiger charge is -2.21. The minimum Gasteiger partial charge on any atom is -0.465 e. The first-order chi connectivity index (χ1) is 9.13. The number of benzene rings is 1. The minimum absolute atomic E-state index is 0.249. The number of ether oxygens (including phenoxy) is 1. The van der Waals surface area contributed by atoms with Gasteiger partial charge in [-0.2, -0.15) is 5.26 Å². The van der Waals surface area contributed by atoms with E-state index >= 15 is 0 Å². The molecule has 1 atom stereocenters. The van der Waals surface area contributed by atoms with E-state index in [2.05, 4.69) is 11.1 Å².